The van der Waals surface area contributed by atoms with E-state index in [0.717, 1.165) is 17.5 Å². The molecule has 2 heterocycles. The zero-order valence-corrected chi connectivity index (χ0v) is 19.0. The largest absolute Gasteiger partial charge is 0.487 e. The Labute approximate surface area is 186 Å². The van der Waals surface area contributed by atoms with Crippen molar-refractivity contribution in [2.24, 2.45) is 0 Å². The molecular formula is C23H23N3O5S. The molecule has 1 amide bonds. The van der Waals surface area contributed by atoms with Crippen molar-refractivity contribution in [1.29, 1.82) is 0 Å². The van der Waals surface area contributed by atoms with Gasteiger partial charge in [0, 0.05) is 23.8 Å². The van der Waals surface area contributed by atoms with Crippen LogP contribution in [0.5, 0.6) is 17.2 Å². The molecule has 0 fully saturated rings. The van der Waals surface area contributed by atoms with Gasteiger partial charge in [-0.25, -0.2) is 8.42 Å². The highest BCUT2D eigenvalue weighted by Crippen LogP contribution is 2.43. The lowest BCUT2D eigenvalue weighted by atomic mass is 9.99. The molecule has 9 heteroatoms. The Morgan fingerprint density at radius 3 is 2.44 bits per heavy atom. The molecule has 3 aromatic rings. The van der Waals surface area contributed by atoms with Crippen LogP contribution in [0.2, 0.25) is 0 Å². The molecule has 1 aromatic heterocycles. The molecule has 0 unspecified atom stereocenters. The Morgan fingerprint density at radius 2 is 1.81 bits per heavy atom. The number of sulfone groups is 1. The van der Waals surface area contributed by atoms with E-state index in [1.54, 1.807) is 36.4 Å². The molecule has 0 saturated heterocycles. The van der Waals surface area contributed by atoms with Crippen molar-refractivity contribution in [2.75, 3.05) is 11.6 Å². The molecule has 2 aromatic carbocycles. The topological polar surface area (TPSA) is 107 Å². The number of aromatic nitrogens is 2. The van der Waals surface area contributed by atoms with Crippen molar-refractivity contribution in [2.45, 2.75) is 37.7 Å². The number of aryl methyl sites for hydroxylation is 1. The molecule has 0 bridgehead atoms. The summed E-state index contributed by atoms with van der Waals surface area (Å²) < 4.78 is 35.5. The smallest absolute Gasteiger partial charge is 0.257 e. The number of fused-ring (bicyclic) bond motifs is 1. The van der Waals surface area contributed by atoms with Gasteiger partial charge in [-0.15, -0.1) is 5.10 Å². The summed E-state index contributed by atoms with van der Waals surface area (Å²) in [5, 5.41) is 10.6. The zero-order valence-electron chi connectivity index (χ0n) is 18.2. The third-order valence-corrected chi connectivity index (χ3v) is 6.07. The molecule has 0 radical (unpaired) electrons. The molecule has 32 heavy (non-hydrogen) atoms. The maximum Gasteiger partial charge on any atom is 0.257 e. The van der Waals surface area contributed by atoms with Crippen LogP contribution in [0.3, 0.4) is 0 Å². The number of rotatable bonds is 5. The number of ether oxygens (including phenoxy) is 2. The van der Waals surface area contributed by atoms with Crippen molar-refractivity contribution < 1.29 is 22.7 Å². The Balaban J connectivity index is 1.66. The summed E-state index contributed by atoms with van der Waals surface area (Å²) in [5.41, 5.74) is 1.48. The Hall–Kier alpha value is -3.46. The summed E-state index contributed by atoms with van der Waals surface area (Å²) >= 11 is 0. The second-order valence-corrected chi connectivity index (χ2v) is 10.4. The van der Waals surface area contributed by atoms with Crippen LogP contribution in [0.15, 0.2) is 53.4 Å². The third kappa shape index (κ3) is 4.72. The molecule has 0 aliphatic carbocycles. The van der Waals surface area contributed by atoms with Gasteiger partial charge < -0.3 is 14.8 Å². The van der Waals surface area contributed by atoms with Gasteiger partial charge in [0.15, 0.2) is 15.7 Å². The Bertz CT molecular complexity index is 1280. The van der Waals surface area contributed by atoms with Crippen LogP contribution in [0, 0.1) is 6.92 Å². The first-order valence-corrected chi connectivity index (χ1v) is 11.8. The average Bonchev–Trinajstić information content (AvgIpc) is 3.03. The van der Waals surface area contributed by atoms with Crippen LogP contribution in [0.4, 0.5) is 5.82 Å². The van der Waals surface area contributed by atoms with Crippen molar-refractivity contribution in [1.82, 2.24) is 10.2 Å². The fourth-order valence-corrected chi connectivity index (χ4v) is 4.03. The predicted octanol–water partition coefficient (Wildman–Crippen LogP) is 3.95. The number of carbonyl (C=O) groups excluding carboxylic acids is 1. The minimum Gasteiger partial charge on any atom is -0.487 e. The Kier molecular flexibility index (Phi) is 5.37. The molecule has 8 nitrogen and oxygen atoms in total. The lowest BCUT2D eigenvalue weighted by molar-refractivity contribution is 0.102. The van der Waals surface area contributed by atoms with Gasteiger partial charge in [-0.3, -0.25) is 4.79 Å². The van der Waals surface area contributed by atoms with Gasteiger partial charge in [0.2, 0.25) is 0 Å². The van der Waals surface area contributed by atoms with Crippen molar-refractivity contribution in [3.8, 4) is 17.2 Å². The van der Waals surface area contributed by atoms with Gasteiger partial charge in [-0.05, 0) is 69.3 Å². The van der Waals surface area contributed by atoms with Crippen LogP contribution < -0.4 is 14.8 Å². The van der Waals surface area contributed by atoms with Crippen LogP contribution in [0.1, 0.15) is 35.5 Å². The molecule has 4 rings (SSSR count). The van der Waals surface area contributed by atoms with Gasteiger partial charge >= 0.3 is 0 Å². The van der Waals surface area contributed by atoms with E-state index in [1.165, 1.54) is 12.1 Å². The lowest BCUT2D eigenvalue weighted by Crippen LogP contribution is -2.24. The number of hydrogen-bond acceptors (Lipinski definition) is 7. The van der Waals surface area contributed by atoms with Crippen molar-refractivity contribution in [3.05, 3.63) is 65.4 Å². The number of amides is 1. The number of nitrogens with one attached hydrogen (secondary N) is 1. The summed E-state index contributed by atoms with van der Waals surface area (Å²) in [6.07, 6.45) is 1.75. The number of hydrogen-bond donors (Lipinski definition) is 1. The van der Waals surface area contributed by atoms with Crippen LogP contribution >= 0.6 is 0 Å². The minimum absolute atomic E-state index is 0.201. The first-order chi connectivity index (χ1) is 15.0. The summed E-state index contributed by atoms with van der Waals surface area (Å²) in [4.78, 5) is 13.1. The maximum absolute atomic E-state index is 12.9. The fraction of sp³-hybridized carbons (Fsp3) is 0.261. The highest BCUT2D eigenvalue weighted by Gasteiger charge is 2.34. The van der Waals surface area contributed by atoms with Crippen molar-refractivity contribution in [3.63, 3.8) is 0 Å². The summed E-state index contributed by atoms with van der Waals surface area (Å²) in [6, 6.07) is 12.9. The molecular weight excluding hydrogens is 430 g/mol. The van der Waals surface area contributed by atoms with E-state index in [9.17, 15) is 13.2 Å². The first-order valence-electron chi connectivity index (χ1n) is 9.96. The minimum atomic E-state index is -3.31. The van der Waals surface area contributed by atoms with Crippen LogP contribution in [-0.4, -0.2) is 36.4 Å². The predicted molar refractivity (Wildman–Crippen MR) is 119 cm³/mol. The molecule has 0 saturated carbocycles. The van der Waals surface area contributed by atoms with Gasteiger partial charge in [0.25, 0.3) is 5.91 Å². The number of nitrogens with zero attached hydrogens (tertiary/aromatic N) is 2. The zero-order chi connectivity index (χ0) is 23.1. The lowest BCUT2D eigenvalue weighted by Gasteiger charge is -2.16. The second kappa shape index (κ2) is 7.90. The molecule has 0 atom stereocenters. The van der Waals surface area contributed by atoms with Gasteiger partial charge in [0.05, 0.1) is 10.6 Å². The van der Waals surface area contributed by atoms with E-state index in [4.69, 9.17) is 9.47 Å². The van der Waals surface area contributed by atoms with E-state index in [2.05, 4.69) is 15.5 Å². The fourth-order valence-electron chi connectivity index (χ4n) is 3.40. The first kappa shape index (κ1) is 21.8. The SMILES string of the molecule is Cc1ccc(NC(=O)c2cc(Oc3ccc(S(C)(=O)=O)cc3)c3c(c2)OC(C)(C)C3)nn1. The van der Waals surface area contributed by atoms with E-state index >= 15 is 0 Å². The molecule has 1 aliphatic rings. The number of anilines is 1. The van der Waals surface area contributed by atoms with Crippen LogP contribution in [0.25, 0.3) is 0 Å². The molecule has 166 valence electrons. The monoisotopic (exact) mass is 453 g/mol. The van der Waals surface area contributed by atoms with E-state index in [1.807, 2.05) is 20.8 Å². The third-order valence-electron chi connectivity index (χ3n) is 4.94. The number of carbonyl (C=O) groups is 1. The van der Waals surface area contributed by atoms with E-state index < -0.39 is 15.4 Å². The highest BCUT2D eigenvalue weighted by atomic mass is 32.2. The van der Waals surface area contributed by atoms with E-state index in [-0.39, 0.29) is 10.8 Å². The number of benzene rings is 2. The maximum atomic E-state index is 12.9. The molecule has 1 N–H and O–H groups in total. The average molecular weight is 454 g/mol. The standard InChI is InChI=1S/C23H23N3O5S/c1-14-5-10-21(26-25-14)24-22(27)15-11-19(18-13-23(2,3)31-20(18)12-15)30-16-6-8-17(9-7-16)32(4,28)29/h5-12H,13H2,1-4H3,(H,24,26,27). The highest BCUT2D eigenvalue weighted by molar-refractivity contribution is 7.90. The van der Waals surface area contributed by atoms with Gasteiger partial charge in [-0.2, -0.15) is 5.10 Å². The Morgan fingerprint density at radius 1 is 1.09 bits per heavy atom. The van der Waals surface area contributed by atoms with Gasteiger partial charge in [0.1, 0.15) is 22.8 Å². The van der Waals surface area contributed by atoms with Gasteiger partial charge in [-0.1, -0.05) is 0 Å². The quantitative estimate of drug-likeness (QED) is 0.623. The van der Waals surface area contributed by atoms with E-state index in [0.29, 0.717) is 35.1 Å². The normalized spacial score (nSPS) is 14.4. The molecule has 1 aliphatic heterocycles. The summed E-state index contributed by atoms with van der Waals surface area (Å²) in [6.45, 7) is 5.73. The summed E-state index contributed by atoms with van der Waals surface area (Å²) in [7, 11) is -3.31. The van der Waals surface area contributed by atoms with Crippen LogP contribution in [-0.2, 0) is 16.3 Å². The van der Waals surface area contributed by atoms with Crippen molar-refractivity contribution >= 4 is 21.6 Å². The summed E-state index contributed by atoms with van der Waals surface area (Å²) in [5.74, 6) is 1.45. The molecule has 0 spiro atoms. The second-order valence-electron chi connectivity index (χ2n) is 8.35.